The second-order valence-electron chi connectivity index (χ2n) is 5.06. The SMILES string of the molecule is COc1ccc(CC[C@@H]2C[C@H](C)[C@H]2OC)cc1. The van der Waals surface area contributed by atoms with Crippen molar-refractivity contribution >= 4 is 0 Å². The smallest absolute Gasteiger partial charge is 0.118 e. The Balaban J connectivity index is 1.81. The molecule has 17 heavy (non-hydrogen) atoms. The molecule has 0 saturated heterocycles. The van der Waals surface area contributed by atoms with E-state index < -0.39 is 0 Å². The molecule has 1 aliphatic rings. The molecule has 0 aliphatic heterocycles. The standard InChI is InChI=1S/C15H22O2/c1-11-10-13(15(11)17-3)7-4-12-5-8-14(16-2)9-6-12/h5-6,8-9,11,13,15H,4,7,10H2,1-3H3/t11-,13+,15+/m0/s1. The first kappa shape index (κ1) is 12.4. The van der Waals surface area contributed by atoms with Gasteiger partial charge in [0.25, 0.3) is 0 Å². The van der Waals surface area contributed by atoms with Gasteiger partial charge >= 0.3 is 0 Å². The maximum atomic E-state index is 5.52. The monoisotopic (exact) mass is 234 g/mol. The number of rotatable bonds is 5. The van der Waals surface area contributed by atoms with Gasteiger partial charge in [0, 0.05) is 7.11 Å². The third kappa shape index (κ3) is 2.81. The summed E-state index contributed by atoms with van der Waals surface area (Å²) in [6.07, 6.45) is 4.17. The first-order valence-electron chi connectivity index (χ1n) is 6.40. The highest BCUT2D eigenvalue weighted by Gasteiger charge is 2.37. The van der Waals surface area contributed by atoms with Crippen LogP contribution < -0.4 is 4.74 Å². The summed E-state index contributed by atoms with van der Waals surface area (Å²) < 4.78 is 10.7. The summed E-state index contributed by atoms with van der Waals surface area (Å²) in [6, 6.07) is 8.38. The Bertz CT molecular complexity index is 344. The largest absolute Gasteiger partial charge is 0.497 e. The van der Waals surface area contributed by atoms with Crippen LogP contribution in [0.25, 0.3) is 0 Å². The van der Waals surface area contributed by atoms with Crippen molar-refractivity contribution in [1.29, 1.82) is 0 Å². The molecule has 3 atom stereocenters. The molecule has 0 bridgehead atoms. The molecule has 1 saturated carbocycles. The van der Waals surface area contributed by atoms with Crippen molar-refractivity contribution in [2.45, 2.75) is 32.3 Å². The van der Waals surface area contributed by atoms with Crippen molar-refractivity contribution in [3.8, 4) is 5.75 Å². The molecule has 1 aliphatic carbocycles. The second kappa shape index (κ2) is 5.54. The van der Waals surface area contributed by atoms with Crippen molar-refractivity contribution in [1.82, 2.24) is 0 Å². The summed E-state index contributed by atoms with van der Waals surface area (Å²) in [5.41, 5.74) is 1.39. The normalized spacial score (nSPS) is 27.6. The van der Waals surface area contributed by atoms with Crippen LogP contribution >= 0.6 is 0 Å². The van der Waals surface area contributed by atoms with E-state index in [1.54, 1.807) is 7.11 Å². The fraction of sp³-hybridized carbons (Fsp3) is 0.600. The molecule has 1 aromatic rings. The molecule has 0 aromatic heterocycles. The maximum Gasteiger partial charge on any atom is 0.118 e. The van der Waals surface area contributed by atoms with Gasteiger partial charge in [-0.3, -0.25) is 0 Å². The van der Waals surface area contributed by atoms with Crippen LogP contribution in [-0.4, -0.2) is 20.3 Å². The summed E-state index contributed by atoms with van der Waals surface area (Å²) >= 11 is 0. The molecule has 0 N–H and O–H groups in total. The molecule has 2 nitrogen and oxygen atoms in total. The summed E-state index contributed by atoms with van der Waals surface area (Å²) in [7, 11) is 3.54. The van der Waals surface area contributed by atoms with Crippen LogP contribution in [0.2, 0.25) is 0 Å². The van der Waals surface area contributed by atoms with E-state index in [0.717, 1.165) is 24.0 Å². The van der Waals surface area contributed by atoms with E-state index in [9.17, 15) is 0 Å². The second-order valence-corrected chi connectivity index (χ2v) is 5.06. The molecule has 94 valence electrons. The zero-order chi connectivity index (χ0) is 12.3. The Morgan fingerprint density at radius 3 is 2.41 bits per heavy atom. The average Bonchev–Trinajstić information content (AvgIpc) is 2.35. The van der Waals surface area contributed by atoms with Crippen LogP contribution in [0.5, 0.6) is 5.75 Å². The van der Waals surface area contributed by atoms with E-state index in [1.807, 2.05) is 19.2 Å². The van der Waals surface area contributed by atoms with Gasteiger partial charge in [0.1, 0.15) is 5.75 Å². The lowest BCUT2D eigenvalue weighted by atomic mass is 9.70. The highest BCUT2D eigenvalue weighted by molar-refractivity contribution is 5.27. The van der Waals surface area contributed by atoms with Crippen LogP contribution in [0.15, 0.2) is 24.3 Å². The van der Waals surface area contributed by atoms with Gasteiger partial charge in [0.15, 0.2) is 0 Å². The number of methoxy groups -OCH3 is 2. The zero-order valence-corrected chi connectivity index (χ0v) is 11.0. The van der Waals surface area contributed by atoms with Crippen LogP contribution in [-0.2, 0) is 11.2 Å². The Kier molecular flexibility index (Phi) is 4.06. The fourth-order valence-corrected chi connectivity index (χ4v) is 2.87. The van der Waals surface area contributed by atoms with Crippen LogP contribution in [0.4, 0.5) is 0 Å². The van der Waals surface area contributed by atoms with E-state index in [-0.39, 0.29) is 0 Å². The first-order valence-corrected chi connectivity index (χ1v) is 6.40. The molecule has 0 unspecified atom stereocenters. The number of hydrogen-bond donors (Lipinski definition) is 0. The van der Waals surface area contributed by atoms with Gasteiger partial charge < -0.3 is 9.47 Å². The lowest BCUT2D eigenvalue weighted by molar-refractivity contribution is -0.0670. The summed E-state index contributed by atoms with van der Waals surface area (Å²) in [6.45, 7) is 2.28. The van der Waals surface area contributed by atoms with Crippen LogP contribution in [0.3, 0.4) is 0 Å². The Labute approximate surface area is 104 Å². The van der Waals surface area contributed by atoms with Crippen molar-refractivity contribution in [2.24, 2.45) is 11.8 Å². The topological polar surface area (TPSA) is 18.5 Å². The lowest BCUT2D eigenvalue weighted by Gasteiger charge is -2.42. The van der Waals surface area contributed by atoms with E-state index >= 15 is 0 Å². The molecular weight excluding hydrogens is 212 g/mol. The minimum atomic E-state index is 0.480. The minimum absolute atomic E-state index is 0.480. The van der Waals surface area contributed by atoms with Crippen molar-refractivity contribution in [3.05, 3.63) is 29.8 Å². The highest BCUT2D eigenvalue weighted by Crippen LogP contribution is 2.38. The fourth-order valence-electron chi connectivity index (χ4n) is 2.87. The molecule has 1 aromatic carbocycles. The maximum absolute atomic E-state index is 5.52. The molecule has 1 fully saturated rings. The molecule has 2 heteroatoms. The predicted molar refractivity (Wildman–Crippen MR) is 69.4 cm³/mol. The molecule has 0 spiro atoms. The number of hydrogen-bond acceptors (Lipinski definition) is 2. The summed E-state index contributed by atoms with van der Waals surface area (Å²) in [5.74, 6) is 2.42. The van der Waals surface area contributed by atoms with Gasteiger partial charge in [-0.1, -0.05) is 19.1 Å². The minimum Gasteiger partial charge on any atom is -0.497 e. The zero-order valence-electron chi connectivity index (χ0n) is 11.0. The lowest BCUT2D eigenvalue weighted by Crippen LogP contribution is -2.41. The van der Waals surface area contributed by atoms with Crippen molar-refractivity contribution in [2.75, 3.05) is 14.2 Å². The average molecular weight is 234 g/mol. The third-order valence-corrected chi connectivity index (χ3v) is 3.94. The molecule has 0 radical (unpaired) electrons. The van der Waals surface area contributed by atoms with Gasteiger partial charge in [-0.2, -0.15) is 0 Å². The Hall–Kier alpha value is -1.02. The Morgan fingerprint density at radius 2 is 1.88 bits per heavy atom. The van der Waals surface area contributed by atoms with E-state index in [2.05, 4.69) is 19.1 Å². The highest BCUT2D eigenvalue weighted by atomic mass is 16.5. The van der Waals surface area contributed by atoms with E-state index in [4.69, 9.17) is 9.47 Å². The number of benzene rings is 1. The van der Waals surface area contributed by atoms with Gasteiger partial charge in [-0.05, 0) is 48.8 Å². The summed E-state index contributed by atoms with van der Waals surface area (Å²) in [4.78, 5) is 0. The number of ether oxygens (including phenoxy) is 2. The van der Waals surface area contributed by atoms with Crippen molar-refractivity contribution in [3.63, 3.8) is 0 Å². The van der Waals surface area contributed by atoms with Gasteiger partial charge in [0.2, 0.25) is 0 Å². The van der Waals surface area contributed by atoms with Gasteiger partial charge in [-0.15, -0.1) is 0 Å². The molecule has 2 rings (SSSR count). The van der Waals surface area contributed by atoms with E-state index in [0.29, 0.717) is 6.10 Å². The Morgan fingerprint density at radius 1 is 1.18 bits per heavy atom. The number of aryl methyl sites for hydroxylation is 1. The molecular formula is C15H22O2. The predicted octanol–water partition coefficient (Wildman–Crippen LogP) is 3.30. The van der Waals surface area contributed by atoms with Crippen molar-refractivity contribution < 1.29 is 9.47 Å². The molecule has 0 heterocycles. The quantitative estimate of drug-likeness (QED) is 0.778. The van der Waals surface area contributed by atoms with Gasteiger partial charge in [-0.25, -0.2) is 0 Å². The first-order chi connectivity index (χ1) is 8.24. The van der Waals surface area contributed by atoms with Crippen LogP contribution in [0.1, 0.15) is 25.3 Å². The van der Waals surface area contributed by atoms with E-state index in [1.165, 1.54) is 18.4 Å². The molecule has 0 amide bonds. The van der Waals surface area contributed by atoms with Gasteiger partial charge in [0.05, 0.1) is 13.2 Å². The summed E-state index contributed by atoms with van der Waals surface area (Å²) in [5, 5.41) is 0. The third-order valence-electron chi connectivity index (χ3n) is 3.94. The van der Waals surface area contributed by atoms with Crippen LogP contribution in [0, 0.1) is 11.8 Å².